The summed E-state index contributed by atoms with van der Waals surface area (Å²) >= 11 is 0. The van der Waals surface area contributed by atoms with Crippen LogP contribution in [0, 0.1) is 21.8 Å². The minimum absolute atomic E-state index is 0.00607. The molecule has 0 radical (unpaired) electrons. The van der Waals surface area contributed by atoms with Crippen molar-refractivity contribution in [3.63, 3.8) is 0 Å². The van der Waals surface area contributed by atoms with E-state index in [1.807, 2.05) is 6.92 Å². The summed E-state index contributed by atoms with van der Waals surface area (Å²) in [6, 6.07) is 3.01. The summed E-state index contributed by atoms with van der Waals surface area (Å²) in [5.74, 6) is -1.34. The van der Waals surface area contributed by atoms with E-state index in [1.165, 1.54) is 6.07 Å². The van der Waals surface area contributed by atoms with Crippen LogP contribution in [-0.4, -0.2) is 17.5 Å². The van der Waals surface area contributed by atoms with Crippen molar-refractivity contribution in [2.45, 2.75) is 39.5 Å². The number of unbranched alkanes of at least 4 members (excludes halogenated alkanes) is 1. The molecule has 21 heavy (non-hydrogen) atoms. The molecule has 0 bridgehead atoms. The second-order valence-corrected chi connectivity index (χ2v) is 4.94. The van der Waals surface area contributed by atoms with Gasteiger partial charge in [-0.05, 0) is 24.5 Å². The highest BCUT2D eigenvalue weighted by atomic mass is 19.1. The van der Waals surface area contributed by atoms with Crippen LogP contribution >= 0.6 is 0 Å². The van der Waals surface area contributed by atoms with E-state index in [4.69, 9.17) is 4.74 Å². The van der Waals surface area contributed by atoms with Gasteiger partial charge < -0.3 is 4.74 Å². The van der Waals surface area contributed by atoms with Crippen molar-refractivity contribution in [3.05, 3.63) is 39.7 Å². The molecule has 0 heterocycles. The van der Waals surface area contributed by atoms with Crippen LogP contribution in [0.2, 0.25) is 0 Å². The van der Waals surface area contributed by atoms with Gasteiger partial charge in [0.25, 0.3) is 0 Å². The number of carbonyl (C=O) groups excluding carboxylic acids is 1. The molecular weight excluding hydrogens is 277 g/mol. The monoisotopic (exact) mass is 297 g/mol. The Bertz CT molecular complexity index is 504. The molecular formula is C15H20FNO4. The number of ether oxygens (including phenoxy) is 1. The summed E-state index contributed by atoms with van der Waals surface area (Å²) in [5.41, 5.74) is -0.726. The van der Waals surface area contributed by atoms with Gasteiger partial charge >= 0.3 is 11.7 Å². The molecule has 0 aromatic heterocycles. The summed E-state index contributed by atoms with van der Waals surface area (Å²) in [4.78, 5) is 21.6. The van der Waals surface area contributed by atoms with Gasteiger partial charge in [-0.1, -0.05) is 33.1 Å². The topological polar surface area (TPSA) is 69.4 Å². The van der Waals surface area contributed by atoms with Crippen LogP contribution in [0.15, 0.2) is 18.2 Å². The fourth-order valence-electron chi connectivity index (χ4n) is 1.95. The van der Waals surface area contributed by atoms with Crippen LogP contribution < -0.4 is 0 Å². The minimum Gasteiger partial charge on any atom is -0.462 e. The third-order valence-electron chi connectivity index (χ3n) is 3.37. The molecule has 0 aliphatic carbocycles. The maximum Gasteiger partial charge on any atom is 0.338 e. The maximum absolute atomic E-state index is 13.2. The molecule has 0 aliphatic rings. The Kier molecular flexibility index (Phi) is 6.78. The zero-order valence-electron chi connectivity index (χ0n) is 12.3. The Morgan fingerprint density at radius 3 is 2.71 bits per heavy atom. The van der Waals surface area contributed by atoms with E-state index in [9.17, 15) is 19.3 Å². The molecule has 5 nitrogen and oxygen atoms in total. The van der Waals surface area contributed by atoms with Gasteiger partial charge in [-0.25, -0.2) is 4.79 Å². The molecule has 0 saturated heterocycles. The second-order valence-electron chi connectivity index (χ2n) is 4.94. The van der Waals surface area contributed by atoms with E-state index in [-0.39, 0.29) is 18.1 Å². The summed E-state index contributed by atoms with van der Waals surface area (Å²) in [5, 5.41) is 10.6. The first kappa shape index (κ1) is 17.1. The van der Waals surface area contributed by atoms with Crippen molar-refractivity contribution in [1.82, 2.24) is 0 Å². The van der Waals surface area contributed by atoms with Crippen molar-refractivity contribution in [3.8, 4) is 0 Å². The van der Waals surface area contributed by atoms with Gasteiger partial charge in [-0.15, -0.1) is 0 Å². The lowest BCUT2D eigenvalue weighted by atomic mass is 10.0. The van der Waals surface area contributed by atoms with Gasteiger partial charge in [0.15, 0.2) is 0 Å². The first-order valence-electron chi connectivity index (χ1n) is 7.10. The van der Waals surface area contributed by atoms with Crippen molar-refractivity contribution in [1.29, 1.82) is 0 Å². The second kappa shape index (κ2) is 8.34. The molecule has 0 fully saturated rings. The van der Waals surface area contributed by atoms with E-state index >= 15 is 0 Å². The predicted octanol–water partition coefficient (Wildman–Crippen LogP) is 4.11. The van der Waals surface area contributed by atoms with E-state index in [1.54, 1.807) is 0 Å². The van der Waals surface area contributed by atoms with Crippen molar-refractivity contribution in [2.75, 3.05) is 6.61 Å². The van der Waals surface area contributed by atoms with E-state index in [2.05, 4.69) is 6.92 Å². The first-order valence-corrected chi connectivity index (χ1v) is 7.10. The Hall–Kier alpha value is -1.98. The number of hydrogen-bond donors (Lipinski definition) is 0. The Morgan fingerprint density at radius 2 is 2.14 bits per heavy atom. The number of nitro benzene ring substituents is 1. The lowest BCUT2D eigenvalue weighted by Crippen LogP contribution is -2.14. The molecule has 0 spiro atoms. The van der Waals surface area contributed by atoms with Crippen LogP contribution in [0.25, 0.3) is 0 Å². The van der Waals surface area contributed by atoms with Crippen LogP contribution in [0.1, 0.15) is 49.9 Å². The molecule has 116 valence electrons. The SMILES string of the molecule is CCCCC(CC)COC(=O)c1ccc(F)c([N+](=O)[O-])c1. The molecule has 0 amide bonds. The average Bonchev–Trinajstić information content (AvgIpc) is 2.47. The number of nitrogens with zero attached hydrogens (tertiary/aromatic N) is 1. The van der Waals surface area contributed by atoms with E-state index < -0.39 is 22.4 Å². The van der Waals surface area contributed by atoms with Crippen LogP contribution in [0.5, 0.6) is 0 Å². The molecule has 1 aromatic carbocycles. The quantitative estimate of drug-likeness (QED) is 0.411. The Labute approximate surface area is 123 Å². The standard InChI is InChI=1S/C15H20FNO4/c1-3-5-6-11(4-2)10-21-15(18)12-7-8-13(16)14(9-12)17(19)20/h7-9,11H,3-6,10H2,1-2H3. The largest absolute Gasteiger partial charge is 0.462 e. The summed E-state index contributed by atoms with van der Waals surface area (Å²) < 4.78 is 18.4. The van der Waals surface area contributed by atoms with Gasteiger partial charge in [0.1, 0.15) is 0 Å². The highest BCUT2D eigenvalue weighted by molar-refractivity contribution is 5.90. The summed E-state index contributed by atoms with van der Waals surface area (Å²) in [7, 11) is 0. The molecule has 1 unspecified atom stereocenters. The Morgan fingerprint density at radius 1 is 1.43 bits per heavy atom. The number of hydrogen-bond acceptors (Lipinski definition) is 4. The highest BCUT2D eigenvalue weighted by Crippen LogP contribution is 2.20. The van der Waals surface area contributed by atoms with Crippen molar-refractivity contribution < 1.29 is 18.8 Å². The zero-order chi connectivity index (χ0) is 15.8. The van der Waals surface area contributed by atoms with Crippen molar-refractivity contribution >= 4 is 11.7 Å². The lowest BCUT2D eigenvalue weighted by molar-refractivity contribution is -0.387. The van der Waals surface area contributed by atoms with E-state index in [0.717, 1.165) is 37.8 Å². The fourth-order valence-corrected chi connectivity index (χ4v) is 1.95. The Balaban J connectivity index is 2.67. The number of esters is 1. The molecule has 1 rings (SSSR count). The van der Waals surface area contributed by atoms with Gasteiger partial charge in [0.2, 0.25) is 5.82 Å². The molecule has 6 heteroatoms. The van der Waals surface area contributed by atoms with E-state index in [0.29, 0.717) is 0 Å². The smallest absolute Gasteiger partial charge is 0.338 e. The molecule has 1 atom stereocenters. The number of benzene rings is 1. The summed E-state index contributed by atoms with van der Waals surface area (Å²) in [6.07, 6.45) is 4.02. The molecule has 1 aromatic rings. The van der Waals surface area contributed by atoms with Crippen LogP contribution in [0.3, 0.4) is 0 Å². The normalized spacial score (nSPS) is 12.0. The average molecular weight is 297 g/mol. The highest BCUT2D eigenvalue weighted by Gasteiger charge is 2.19. The van der Waals surface area contributed by atoms with Crippen molar-refractivity contribution in [2.24, 2.45) is 5.92 Å². The zero-order valence-corrected chi connectivity index (χ0v) is 12.3. The van der Waals surface area contributed by atoms with Gasteiger partial charge in [-0.2, -0.15) is 4.39 Å². The number of carbonyl (C=O) groups is 1. The van der Waals surface area contributed by atoms with Crippen LogP contribution in [0.4, 0.5) is 10.1 Å². The lowest BCUT2D eigenvalue weighted by Gasteiger charge is -2.14. The molecule has 0 saturated carbocycles. The number of halogens is 1. The first-order chi connectivity index (χ1) is 9.99. The van der Waals surface area contributed by atoms with Gasteiger partial charge in [0, 0.05) is 6.07 Å². The van der Waals surface area contributed by atoms with Crippen LogP contribution in [-0.2, 0) is 4.74 Å². The molecule has 0 aliphatic heterocycles. The predicted molar refractivity (Wildman–Crippen MR) is 76.6 cm³/mol. The third-order valence-corrected chi connectivity index (χ3v) is 3.37. The fraction of sp³-hybridized carbons (Fsp3) is 0.533. The minimum atomic E-state index is -0.967. The number of rotatable bonds is 8. The maximum atomic E-state index is 13.2. The van der Waals surface area contributed by atoms with Gasteiger partial charge in [0.05, 0.1) is 17.1 Å². The number of nitro groups is 1. The third kappa shape index (κ3) is 5.13. The molecule has 0 N–H and O–H groups in total. The summed E-state index contributed by atoms with van der Waals surface area (Å²) in [6.45, 7) is 4.40. The van der Waals surface area contributed by atoms with Gasteiger partial charge in [-0.3, -0.25) is 10.1 Å².